The van der Waals surface area contributed by atoms with Gasteiger partial charge < -0.3 is 10.2 Å². The van der Waals surface area contributed by atoms with Crippen molar-refractivity contribution in [1.82, 2.24) is 4.98 Å². The van der Waals surface area contributed by atoms with Crippen LogP contribution in [0.15, 0.2) is 36.4 Å². The lowest BCUT2D eigenvalue weighted by molar-refractivity contribution is -0.138. The van der Waals surface area contributed by atoms with E-state index in [9.17, 15) is 13.2 Å². The summed E-state index contributed by atoms with van der Waals surface area (Å²) in [6.07, 6.45) is -4.65. The highest BCUT2D eigenvalue weighted by Gasteiger charge is 2.35. The first-order valence-electron chi connectivity index (χ1n) is 5.67. The van der Waals surface area contributed by atoms with Crippen molar-refractivity contribution < 1.29 is 17.9 Å². The number of nitrogens with zero attached hydrogens (tertiary/aromatic N) is 2. The summed E-state index contributed by atoms with van der Waals surface area (Å²) in [5.41, 5.74) is 1.10. The molecule has 0 bridgehead atoms. The maximum Gasteiger partial charge on any atom is 0.420 e. The zero-order valence-corrected chi connectivity index (χ0v) is 10.5. The Morgan fingerprint density at radius 2 is 2.00 bits per heavy atom. The molecule has 108 valence electrons. The maximum atomic E-state index is 13.0. The van der Waals surface area contributed by atoms with E-state index in [-0.39, 0.29) is 17.3 Å². The lowest BCUT2D eigenvalue weighted by Gasteiger charge is -2.13. The maximum absolute atomic E-state index is 13.0. The summed E-state index contributed by atoms with van der Waals surface area (Å²) >= 11 is 0. The van der Waals surface area contributed by atoms with Crippen LogP contribution < -0.4 is 16.0 Å². The molecule has 5 nitrogen and oxygen atoms in total. The van der Waals surface area contributed by atoms with E-state index in [4.69, 9.17) is 15.8 Å². The van der Waals surface area contributed by atoms with Gasteiger partial charge in [-0.1, -0.05) is 6.07 Å². The Bertz CT molecular complexity index is 695. The van der Waals surface area contributed by atoms with Gasteiger partial charge in [0.15, 0.2) is 0 Å². The molecule has 21 heavy (non-hydrogen) atoms. The van der Waals surface area contributed by atoms with E-state index in [1.54, 1.807) is 6.07 Å². The molecule has 0 aliphatic carbocycles. The van der Waals surface area contributed by atoms with Gasteiger partial charge in [0, 0.05) is 6.07 Å². The fourth-order valence-electron chi connectivity index (χ4n) is 1.57. The molecule has 0 radical (unpaired) electrons. The molecule has 1 heterocycles. The minimum absolute atomic E-state index is 0.0549. The number of hydrazine groups is 1. The number of ether oxygens (including phenoxy) is 1. The van der Waals surface area contributed by atoms with Gasteiger partial charge in [-0.3, -0.25) is 0 Å². The van der Waals surface area contributed by atoms with Gasteiger partial charge in [-0.05, 0) is 24.3 Å². The van der Waals surface area contributed by atoms with Crippen LogP contribution in [0.1, 0.15) is 11.1 Å². The van der Waals surface area contributed by atoms with Crippen molar-refractivity contribution in [2.24, 2.45) is 5.84 Å². The zero-order chi connectivity index (χ0) is 15.5. The second kappa shape index (κ2) is 5.68. The number of rotatable bonds is 3. The summed E-state index contributed by atoms with van der Waals surface area (Å²) in [4.78, 5) is 3.86. The Hall–Kier alpha value is -2.79. The van der Waals surface area contributed by atoms with E-state index in [0.717, 1.165) is 12.1 Å². The smallest absolute Gasteiger partial charge is 0.420 e. The number of nitriles is 1. The van der Waals surface area contributed by atoms with Crippen LogP contribution in [0.4, 0.5) is 19.0 Å². The number of alkyl halides is 3. The second-order valence-corrected chi connectivity index (χ2v) is 3.93. The quantitative estimate of drug-likeness (QED) is 0.671. The first kappa shape index (κ1) is 14.6. The highest BCUT2D eigenvalue weighted by molar-refractivity contribution is 5.45. The molecule has 2 aromatic rings. The van der Waals surface area contributed by atoms with Crippen LogP contribution in [0.5, 0.6) is 11.6 Å². The molecule has 2 rings (SSSR count). The summed E-state index contributed by atoms with van der Waals surface area (Å²) in [6.45, 7) is 0. The molecule has 8 heteroatoms. The normalized spacial score (nSPS) is 10.8. The summed E-state index contributed by atoms with van der Waals surface area (Å²) in [5.74, 6) is 4.91. The van der Waals surface area contributed by atoms with E-state index >= 15 is 0 Å². The summed E-state index contributed by atoms with van der Waals surface area (Å²) in [6, 6.07) is 9.11. The number of hydrogen-bond acceptors (Lipinski definition) is 5. The van der Waals surface area contributed by atoms with Crippen molar-refractivity contribution in [2.75, 3.05) is 5.43 Å². The monoisotopic (exact) mass is 294 g/mol. The van der Waals surface area contributed by atoms with Crippen LogP contribution in [-0.4, -0.2) is 4.98 Å². The number of anilines is 1. The van der Waals surface area contributed by atoms with Crippen molar-refractivity contribution in [3.05, 3.63) is 47.5 Å². The lowest BCUT2D eigenvalue weighted by atomic mass is 10.1. The van der Waals surface area contributed by atoms with E-state index in [0.29, 0.717) is 0 Å². The van der Waals surface area contributed by atoms with E-state index in [1.165, 1.54) is 24.3 Å². The first-order chi connectivity index (χ1) is 9.94. The van der Waals surface area contributed by atoms with Crippen molar-refractivity contribution in [1.29, 1.82) is 5.26 Å². The van der Waals surface area contributed by atoms with Crippen LogP contribution >= 0.6 is 0 Å². The predicted molar refractivity (Wildman–Crippen MR) is 68.3 cm³/mol. The molecule has 0 spiro atoms. The molecule has 0 amide bonds. The van der Waals surface area contributed by atoms with Crippen LogP contribution in [0, 0.1) is 11.3 Å². The van der Waals surface area contributed by atoms with Gasteiger partial charge in [-0.25, -0.2) is 5.84 Å². The van der Waals surface area contributed by atoms with Crippen molar-refractivity contribution in [3.8, 4) is 17.7 Å². The molecular formula is C13H9F3N4O. The number of nitrogen functional groups attached to an aromatic ring is 1. The average Bonchev–Trinajstić information content (AvgIpc) is 2.46. The first-order valence-corrected chi connectivity index (χ1v) is 5.67. The topological polar surface area (TPSA) is 84.0 Å². The number of hydrogen-bond donors (Lipinski definition) is 2. The molecule has 0 saturated carbocycles. The van der Waals surface area contributed by atoms with Crippen molar-refractivity contribution in [2.45, 2.75) is 6.18 Å². The second-order valence-electron chi connectivity index (χ2n) is 3.93. The van der Waals surface area contributed by atoms with Crippen molar-refractivity contribution >= 4 is 5.82 Å². The predicted octanol–water partition coefficient (Wildman–Crippen LogP) is 3.05. The van der Waals surface area contributed by atoms with Crippen LogP contribution in [-0.2, 0) is 6.18 Å². The number of nitrogens with two attached hydrogens (primary N) is 1. The largest absolute Gasteiger partial charge is 0.438 e. The highest BCUT2D eigenvalue weighted by Crippen LogP contribution is 2.38. The molecule has 1 aromatic heterocycles. The highest BCUT2D eigenvalue weighted by atomic mass is 19.4. The molecule has 0 aliphatic rings. The number of aromatic nitrogens is 1. The van der Waals surface area contributed by atoms with E-state index < -0.39 is 17.5 Å². The van der Waals surface area contributed by atoms with Gasteiger partial charge >= 0.3 is 6.18 Å². The molecule has 0 unspecified atom stereocenters. The molecule has 0 saturated heterocycles. The minimum Gasteiger partial charge on any atom is -0.438 e. The van der Waals surface area contributed by atoms with Gasteiger partial charge in [0.05, 0.1) is 17.2 Å². The van der Waals surface area contributed by atoms with Crippen LogP contribution in [0.3, 0.4) is 0 Å². The van der Waals surface area contributed by atoms with Gasteiger partial charge in [0.1, 0.15) is 11.6 Å². The van der Waals surface area contributed by atoms with Gasteiger partial charge in [-0.15, -0.1) is 0 Å². The fourth-order valence-corrected chi connectivity index (χ4v) is 1.57. The summed E-state index contributed by atoms with van der Waals surface area (Å²) < 4.78 is 44.1. The van der Waals surface area contributed by atoms with Crippen LogP contribution in [0.2, 0.25) is 0 Å². The Morgan fingerprint density at radius 1 is 1.24 bits per heavy atom. The molecule has 3 N–H and O–H groups in total. The van der Waals surface area contributed by atoms with E-state index in [1.807, 2.05) is 0 Å². The van der Waals surface area contributed by atoms with Gasteiger partial charge in [0.2, 0.25) is 5.88 Å². The third-order valence-electron chi connectivity index (χ3n) is 2.50. The number of pyridine rings is 1. The fraction of sp³-hybridized carbons (Fsp3) is 0.0769. The number of benzene rings is 1. The Morgan fingerprint density at radius 3 is 2.62 bits per heavy atom. The minimum atomic E-state index is -4.65. The Kier molecular flexibility index (Phi) is 3.95. The van der Waals surface area contributed by atoms with Gasteiger partial charge in [0.25, 0.3) is 0 Å². The van der Waals surface area contributed by atoms with Gasteiger partial charge in [-0.2, -0.15) is 23.4 Å². The summed E-state index contributed by atoms with van der Waals surface area (Å²) in [7, 11) is 0. The number of halogens is 3. The van der Waals surface area contributed by atoms with E-state index in [2.05, 4.69) is 10.4 Å². The Labute approximate surface area is 117 Å². The average molecular weight is 294 g/mol. The molecule has 0 atom stereocenters. The standard InChI is InChI=1S/C13H9F3N4O/c14-13(15,16)9-6-8(7-17)4-5-10(9)21-12-3-1-2-11(19-12)20-18/h1-6H,18H2,(H,19,20). The molecule has 1 aromatic carbocycles. The lowest BCUT2D eigenvalue weighted by Crippen LogP contribution is -2.09. The molecule has 0 aliphatic heterocycles. The zero-order valence-electron chi connectivity index (χ0n) is 10.5. The molecular weight excluding hydrogens is 285 g/mol. The number of nitrogens with one attached hydrogen (secondary N) is 1. The third-order valence-corrected chi connectivity index (χ3v) is 2.50. The van der Waals surface area contributed by atoms with Crippen LogP contribution in [0.25, 0.3) is 0 Å². The summed E-state index contributed by atoms with van der Waals surface area (Å²) in [5, 5.41) is 8.68. The Balaban J connectivity index is 2.42. The SMILES string of the molecule is N#Cc1ccc(Oc2cccc(NN)n2)c(C(F)(F)F)c1. The van der Waals surface area contributed by atoms with Crippen molar-refractivity contribution in [3.63, 3.8) is 0 Å². The third kappa shape index (κ3) is 3.40. The molecule has 0 fully saturated rings.